The average Bonchev–Trinajstić information content (AvgIpc) is 3.32. The van der Waals surface area contributed by atoms with E-state index in [4.69, 9.17) is 4.74 Å². The number of alkyl halides is 3. The summed E-state index contributed by atoms with van der Waals surface area (Å²) in [7, 11) is 0. The van der Waals surface area contributed by atoms with E-state index in [2.05, 4.69) is 11.9 Å². The molecule has 0 bridgehead atoms. The number of halogens is 4. The fourth-order valence-electron chi connectivity index (χ4n) is 4.32. The molecule has 35 heavy (non-hydrogen) atoms. The van der Waals surface area contributed by atoms with Gasteiger partial charge in [-0.3, -0.25) is 4.90 Å². The summed E-state index contributed by atoms with van der Waals surface area (Å²) < 4.78 is 60.4. The van der Waals surface area contributed by atoms with Crippen LogP contribution in [-0.2, 0) is 12.7 Å². The first-order valence-electron chi connectivity index (χ1n) is 11.6. The summed E-state index contributed by atoms with van der Waals surface area (Å²) in [6, 6.07) is 21.1. The standard InChI is InChI=1S/C28H28F4N2O/c1-20(21-8-3-2-4-9-21)18-34(19-22-10-5-11-24(27(22)29)28(30,31)32)16-7-17-35-26-13-6-12-25-23(26)14-15-33-25/h2-6,8-15,20,33H,7,16-19H2,1H3. The first-order valence-corrected chi connectivity index (χ1v) is 11.6. The molecule has 0 aliphatic heterocycles. The molecular weight excluding hydrogens is 456 g/mol. The quantitative estimate of drug-likeness (QED) is 0.188. The lowest BCUT2D eigenvalue weighted by molar-refractivity contribution is -0.140. The van der Waals surface area contributed by atoms with Crippen LogP contribution in [-0.4, -0.2) is 29.6 Å². The van der Waals surface area contributed by atoms with Crippen molar-refractivity contribution in [3.8, 4) is 5.75 Å². The van der Waals surface area contributed by atoms with Gasteiger partial charge in [0, 0.05) is 42.3 Å². The minimum Gasteiger partial charge on any atom is -0.493 e. The Bertz CT molecular complexity index is 1240. The lowest BCUT2D eigenvalue weighted by Gasteiger charge is -2.27. The smallest absolute Gasteiger partial charge is 0.419 e. The third-order valence-electron chi connectivity index (χ3n) is 6.11. The predicted molar refractivity (Wildman–Crippen MR) is 130 cm³/mol. The van der Waals surface area contributed by atoms with E-state index in [0.717, 1.165) is 28.3 Å². The second kappa shape index (κ2) is 11.0. The number of rotatable bonds is 10. The molecule has 1 aromatic heterocycles. The van der Waals surface area contributed by atoms with Gasteiger partial charge in [-0.15, -0.1) is 0 Å². The number of nitrogens with one attached hydrogen (secondary N) is 1. The highest BCUT2D eigenvalue weighted by atomic mass is 19.4. The van der Waals surface area contributed by atoms with Crippen LogP contribution in [0.15, 0.2) is 79.0 Å². The van der Waals surface area contributed by atoms with Gasteiger partial charge in [0.25, 0.3) is 0 Å². The maximum atomic E-state index is 14.7. The van der Waals surface area contributed by atoms with Crippen LogP contribution >= 0.6 is 0 Å². The minimum atomic E-state index is -4.73. The van der Waals surface area contributed by atoms with Crippen molar-refractivity contribution in [3.05, 3.63) is 102 Å². The lowest BCUT2D eigenvalue weighted by Crippen LogP contribution is -2.30. The molecule has 0 aliphatic rings. The van der Waals surface area contributed by atoms with Crippen molar-refractivity contribution in [2.75, 3.05) is 19.7 Å². The minimum absolute atomic E-state index is 0.0399. The summed E-state index contributed by atoms with van der Waals surface area (Å²) in [4.78, 5) is 5.15. The van der Waals surface area contributed by atoms with Crippen molar-refractivity contribution < 1.29 is 22.3 Å². The molecule has 1 unspecified atom stereocenters. The summed E-state index contributed by atoms with van der Waals surface area (Å²) in [5.74, 6) is -0.302. The number of hydrogen-bond acceptors (Lipinski definition) is 2. The maximum absolute atomic E-state index is 14.7. The highest BCUT2D eigenvalue weighted by Gasteiger charge is 2.35. The molecule has 1 N–H and O–H groups in total. The number of ether oxygens (including phenoxy) is 1. The van der Waals surface area contributed by atoms with Crippen LogP contribution in [0.25, 0.3) is 10.9 Å². The van der Waals surface area contributed by atoms with Gasteiger partial charge >= 0.3 is 6.18 Å². The molecule has 0 saturated carbocycles. The Hall–Kier alpha value is -3.32. The van der Waals surface area contributed by atoms with E-state index >= 15 is 0 Å². The van der Waals surface area contributed by atoms with E-state index in [0.29, 0.717) is 26.1 Å². The first kappa shape index (κ1) is 24.8. The van der Waals surface area contributed by atoms with E-state index in [1.165, 1.54) is 12.1 Å². The Labute approximate surface area is 202 Å². The molecule has 184 valence electrons. The van der Waals surface area contributed by atoms with Crippen LogP contribution in [0.3, 0.4) is 0 Å². The third-order valence-corrected chi connectivity index (χ3v) is 6.11. The second-order valence-corrected chi connectivity index (χ2v) is 8.72. The Balaban J connectivity index is 1.45. The van der Waals surface area contributed by atoms with Crippen LogP contribution in [0.2, 0.25) is 0 Å². The lowest BCUT2D eigenvalue weighted by atomic mass is 10.00. The SMILES string of the molecule is CC(CN(CCCOc1cccc2[nH]ccc12)Cc1cccc(C(F)(F)F)c1F)c1ccccc1. The van der Waals surface area contributed by atoms with Gasteiger partial charge < -0.3 is 9.72 Å². The molecule has 3 nitrogen and oxygen atoms in total. The first-order chi connectivity index (χ1) is 16.8. The van der Waals surface area contributed by atoms with Gasteiger partial charge in [0.1, 0.15) is 11.6 Å². The highest BCUT2D eigenvalue weighted by molar-refractivity contribution is 5.85. The molecule has 0 amide bonds. The van der Waals surface area contributed by atoms with E-state index in [-0.39, 0.29) is 18.0 Å². The zero-order valence-corrected chi connectivity index (χ0v) is 19.5. The third kappa shape index (κ3) is 6.22. The molecule has 0 aliphatic carbocycles. The Morgan fingerprint density at radius 2 is 1.71 bits per heavy atom. The summed E-state index contributed by atoms with van der Waals surface area (Å²) in [6.45, 7) is 3.71. The van der Waals surface area contributed by atoms with E-state index in [1.807, 2.05) is 65.7 Å². The molecule has 3 aromatic carbocycles. The number of nitrogens with zero attached hydrogens (tertiary/aromatic N) is 1. The fourth-order valence-corrected chi connectivity index (χ4v) is 4.32. The molecule has 1 atom stereocenters. The van der Waals surface area contributed by atoms with Gasteiger partial charge in [-0.2, -0.15) is 13.2 Å². The summed E-state index contributed by atoms with van der Waals surface area (Å²) in [6.07, 6.45) is -2.23. The fraction of sp³-hybridized carbons (Fsp3) is 0.286. The number of aromatic nitrogens is 1. The normalized spacial score (nSPS) is 12.9. The van der Waals surface area contributed by atoms with Crippen LogP contribution in [0, 0.1) is 5.82 Å². The largest absolute Gasteiger partial charge is 0.493 e. The van der Waals surface area contributed by atoms with Crippen LogP contribution in [0.1, 0.15) is 36.0 Å². The highest BCUT2D eigenvalue weighted by Crippen LogP contribution is 2.33. The summed E-state index contributed by atoms with van der Waals surface area (Å²) >= 11 is 0. The maximum Gasteiger partial charge on any atom is 0.419 e. The predicted octanol–water partition coefficient (Wildman–Crippen LogP) is 7.40. The molecule has 1 heterocycles. The van der Waals surface area contributed by atoms with Crippen LogP contribution in [0.5, 0.6) is 5.75 Å². The van der Waals surface area contributed by atoms with Crippen molar-refractivity contribution in [1.82, 2.24) is 9.88 Å². The molecule has 0 spiro atoms. The number of hydrogen-bond donors (Lipinski definition) is 1. The average molecular weight is 485 g/mol. The number of benzene rings is 3. The van der Waals surface area contributed by atoms with E-state index < -0.39 is 17.6 Å². The van der Waals surface area contributed by atoms with Crippen molar-refractivity contribution in [3.63, 3.8) is 0 Å². The van der Waals surface area contributed by atoms with Crippen molar-refractivity contribution in [1.29, 1.82) is 0 Å². The molecule has 0 radical (unpaired) electrons. The Morgan fingerprint density at radius 3 is 2.49 bits per heavy atom. The molecule has 0 saturated heterocycles. The zero-order valence-electron chi connectivity index (χ0n) is 19.5. The van der Waals surface area contributed by atoms with E-state index in [1.54, 1.807) is 0 Å². The topological polar surface area (TPSA) is 28.3 Å². The Kier molecular flexibility index (Phi) is 7.76. The monoisotopic (exact) mass is 484 g/mol. The molecule has 4 rings (SSSR count). The number of aromatic amines is 1. The van der Waals surface area contributed by atoms with E-state index in [9.17, 15) is 17.6 Å². The van der Waals surface area contributed by atoms with Crippen LogP contribution in [0.4, 0.5) is 17.6 Å². The van der Waals surface area contributed by atoms with Gasteiger partial charge in [0.15, 0.2) is 0 Å². The van der Waals surface area contributed by atoms with Gasteiger partial charge in [-0.25, -0.2) is 4.39 Å². The molecule has 7 heteroatoms. The zero-order chi connectivity index (χ0) is 24.8. The van der Waals surface area contributed by atoms with Crippen molar-refractivity contribution in [2.45, 2.75) is 32.0 Å². The molecular formula is C28H28F4N2O. The van der Waals surface area contributed by atoms with Gasteiger partial charge in [-0.05, 0) is 42.2 Å². The molecule has 0 fully saturated rings. The van der Waals surface area contributed by atoms with Crippen molar-refractivity contribution >= 4 is 10.9 Å². The van der Waals surface area contributed by atoms with Crippen molar-refractivity contribution in [2.24, 2.45) is 0 Å². The molecule has 4 aromatic rings. The van der Waals surface area contributed by atoms with Crippen LogP contribution < -0.4 is 4.74 Å². The number of H-pyrrole nitrogens is 1. The van der Waals surface area contributed by atoms with Gasteiger partial charge in [0.2, 0.25) is 0 Å². The van der Waals surface area contributed by atoms with Gasteiger partial charge in [0.05, 0.1) is 12.2 Å². The number of fused-ring (bicyclic) bond motifs is 1. The summed E-state index contributed by atoms with van der Waals surface area (Å²) in [5.41, 5.74) is 0.922. The Morgan fingerprint density at radius 1 is 0.943 bits per heavy atom. The second-order valence-electron chi connectivity index (χ2n) is 8.72. The van der Waals surface area contributed by atoms with Gasteiger partial charge in [-0.1, -0.05) is 55.5 Å². The summed E-state index contributed by atoms with van der Waals surface area (Å²) in [5, 5.41) is 0.994.